The predicted molar refractivity (Wildman–Crippen MR) is 175 cm³/mol. The summed E-state index contributed by atoms with van der Waals surface area (Å²) in [5, 5.41) is 2.96. The number of amides is 2. The molecule has 1 aliphatic heterocycles. The Hall–Kier alpha value is -4.60. The molecule has 2 aromatic carbocycles. The molecule has 4 aromatic rings. The largest absolute Gasteiger partial charge is 0.449 e. The Morgan fingerprint density at radius 1 is 0.756 bits per heavy atom. The molecule has 0 bridgehead atoms. The van der Waals surface area contributed by atoms with Crippen LogP contribution in [0.25, 0.3) is 22.5 Å². The van der Waals surface area contributed by atoms with Crippen LogP contribution in [0.1, 0.15) is 76.9 Å². The van der Waals surface area contributed by atoms with Crippen molar-refractivity contribution in [3.63, 3.8) is 0 Å². The third-order valence-corrected chi connectivity index (χ3v) is 7.89. The molecule has 0 unspecified atom stereocenters. The molecule has 2 aromatic heterocycles. The lowest BCUT2D eigenvalue weighted by Gasteiger charge is -2.21. The van der Waals surface area contributed by atoms with Crippen molar-refractivity contribution in [2.45, 2.75) is 78.1 Å². The van der Waals surface area contributed by atoms with Crippen molar-refractivity contribution in [1.29, 1.82) is 0 Å². The Balaban J connectivity index is 1.13. The molecular formula is C35H44N6O4. The van der Waals surface area contributed by atoms with E-state index in [1.807, 2.05) is 74.6 Å². The number of rotatable bonds is 16. The quantitative estimate of drug-likeness (QED) is 0.101. The van der Waals surface area contributed by atoms with Crippen LogP contribution >= 0.6 is 0 Å². The van der Waals surface area contributed by atoms with Gasteiger partial charge in [-0.3, -0.25) is 9.59 Å². The zero-order valence-electron chi connectivity index (χ0n) is 26.6. The Bertz CT molecular complexity index is 1590. The smallest absolute Gasteiger partial charge is 0.222 e. The van der Waals surface area contributed by atoms with Gasteiger partial charge in [-0.25, -0.2) is 9.97 Å². The molecule has 238 valence electrons. The first-order chi connectivity index (χ1) is 21.9. The molecule has 3 heterocycles. The number of benzene rings is 2. The average Bonchev–Trinajstić information content (AvgIpc) is 3.72. The summed E-state index contributed by atoms with van der Waals surface area (Å²) in [6, 6.07) is 11.8. The molecular weight excluding hydrogens is 568 g/mol. The standard InChI is InChI=1S/C35H44N6O4/c1-4-10-34(42)36-18-8-6-12-32-37-22-26(39-32)24-14-16-28-30(20-24)44-29-17-15-25(21-31(29)45-28)27-23-38-33(40-27)13-7-9-19-41(3)35(43)11-5-2/h14-17,20-23H,4-13,18-19H2,1-3H3,(H,36,42)(H,37,39)(H,38,40). The topological polar surface area (TPSA) is 125 Å². The number of carbonyl (C=O) groups is 2. The van der Waals surface area contributed by atoms with E-state index in [4.69, 9.17) is 9.47 Å². The second kappa shape index (κ2) is 15.4. The van der Waals surface area contributed by atoms with Gasteiger partial charge in [0, 0.05) is 56.9 Å². The molecule has 0 spiro atoms. The maximum absolute atomic E-state index is 12.0. The molecule has 0 saturated heterocycles. The van der Waals surface area contributed by atoms with Gasteiger partial charge >= 0.3 is 0 Å². The summed E-state index contributed by atoms with van der Waals surface area (Å²) in [5.74, 6) is 4.79. The van der Waals surface area contributed by atoms with Gasteiger partial charge in [0.25, 0.3) is 0 Å². The minimum absolute atomic E-state index is 0.121. The first-order valence-corrected chi connectivity index (χ1v) is 16.2. The number of aryl methyl sites for hydroxylation is 2. The first-order valence-electron chi connectivity index (χ1n) is 16.2. The molecule has 3 N–H and O–H groups in total. The van der Waals surface area contributed by atoms with Crippen LogP contribution in [-0.4, -0.2) is 56.8 Å². The van der Waals surface area contributed by atoms with E-state index >= 15 is 0 Å². The molecule has 0 atom stereocenters. The van der Waals surface area contributed by atoms with Crippen molar-refractivity contribution in [3.8, 4) is 45.5 Å². The van der Waals surface area contributed by atoms with Crippen LogP contribution < -0.4 is 14.8 Å². The molecule has 1 aliphatic rings. The molecule has 5 rings (SSSR count). The van der Waals surface area contributed by atoms with E-state index in [2.05, 4.69) is 25.3 Å². The second-order valence-electron chi connectivity index (χ2n) is 11.6. The third-order valence-electron chi connectivity index (χ3n) is 7.89. The highest BCUT2D eigenvalue weighted by molar-refractivity contribution is 5.76. The van der Waals surface area contributed by atoms with Crippen LogP contribution in [0.15, 0.2) is 48.8 Å². The van der Waals surface area contributed by atoms with Crippen molar-refractivity contribution in [3.05, 3.63) is 60.4 Å². The molecule has 0 fully saturated rings. The summed E-state index contributed by atoms with van der Waals surface area (Å²) in [7, 11) is 1.88. The van der Waals surface area contributed by atoms with Gasteiger partial charge in [-0.2, -0.15) is 0 Å². The van der Waals surface area contributed by atoms with Gasteiger partial charge in [-0.05, 0) is 74.9 Å². The minimum atomic E-state index is 0.121. The lowest BCUT2D eigenvalue weighted by molar-refractivity contribution is -0.130. The average molecular weight is 613 g/mol. The van der Waals surface area contributed by atoms with Crippen molar-refractivity contribution in [1.82, 2.24) is 30.2 Å². The van der Waals surface area contributed by atoms with E-state index in [1.54, 1.807) is 0 Å². The fourth-order valence-electron chi connectivity index (χ4n) is 5.32. The SMILES string of the molecule is CCCC(=O)NCCCCc1ncc(-c2ccc3c(c2)Oc2ccc(-c4cnc(CCCCN(C)C(=O)CCC)[nH]4)cc2O3)[nH]1. The molecule has 2 amide bonds. The zero-order valence-corrected chi connectivity index (χ0v) is 26.6. The lowest BCUT2D eigenvalue weighted by Crippen LogP contribution is -2.27. The number of aromatic amines is 2. The highest BCUT2D eigenvalue weighted by atomic mass is 16.6. The first kappa shape index (κ1) is 31.8. The van der Waals surface area contributed by atoms with E-state index in [0.29, 0.717) is 42.4 Å². The van der Waals surface area contributed by atoms with Gasteiger partial charge < -0.3 is 29.7 Å². The summed E-state index contributed by atoms with van der Waals surface area (Å²) in [6.07, 6.45) is 12.0. The van der Waals surface area contributed by atoms with Crippen LogP contribution in [0.4, 0.5) is 0 Å². The minimum Gasteiger partial charge on any atom is -0.449 e. The second-order valence-corrected chi connectivity index (χ2v) is 11.6. The molecule has 10 heteroatoms. The summed E-state index contributed by atoms with van der Waals surface area (Å²) in [4.78, 5) is 41.3. The normalized spacial score (nSPS) is 11.7. The van der Waals surface area contributed by atoms with Crippen LogP contribution in [-0.2, 0) is 22.4 Å². The van der Waals surface area contributed by atoms with Gasteiger partial charge in [0.2, 0.25) is 11.8 Å². The fraction of sp³-hybridized carbons (Fsp3) is 0.429. The highest BCUT2D eigenvalue weighted by Gasteiger charge is 2.21. The molecule has 0 aliphatic carbocycles. The van der Waals surface area contributed by atoms with Crippen LogP contribution in [0, 0.1) is 0 Å². The number of ether oxygens (including phenoxy) is 2. The van der Waals surface area contributed by atoms with E-state index in [1.165, 1.54) is 0 Å². The number of H-pyrrole nitrogens is 2. The van der Waals surface area contributed by atoms with Gasteiger partial charge in [0.05, 0.1) is 23.8 Å². The summed E-state index contributed by atoms with van der Waals surface area (Å²) >= 11 is 0. The summed E-state index contributed by atoms with van der Waals surface area (Å²) in [6.45, 7) is 5.50. The maximum Gasteiger partial charge on any atom is 0.222 e. The summed E-state index contributed by atoms with van der Waals surface area (Å²) < 4.78 is 12.5. The zero-order chi connectivity index (χ0) is 31.6. The van der Waals surface area contributed by atoms with Gasteiger partial charge in [0.15, 0.2) is 23.0 Å². The monoisotopic (exact) mass is 612 g/mol. The molecule has 0 radical (unpaired) electrons. The number of unbranched alkanes of at least 4 members (excludes halogenated alkanes) is 2. The Labute approximate surface area is 265 Å². The van der Waals surface area contributed by atoms with E-state index < -0.39 is 0 Å². The van der Waals surface area contributed by atoms with Crippen molar-refractivity contribution in [2.75, 3.05) is 20.1 Å². The number of fused-ring (bicyclic) bond motifs is 2. The molecule has 45 heavy (non-hydrogen) atoms. The lowest BCUT2D eigenvalue weighted by atomic mass is 10.1. The van der Waals surface area contributed by atoms with E-state index in [9.17, 15) is 9.59 Å². The Kier molecular flexibility index (Phi) is 10.9. The number of nitrogens with zero attached hydrogens (tertiary/aromatic N) is 3. The number of imidazole rings is 2. The number of hydrogen-bond donors (Lipinski definition) is 3. The molecule has 0 saturated carbocycles. The van der Waals surface area contributed by atoms with Crippen LogP contribution in [0.2, 0.25) is 0 Å². The van der Waals surface area contributed by atoms with E-state index in [0.717, 1.165) is 92.1 Å². The highest BCUT2D eigenvalue weighted by Crippen LogP contribution is 2.47. The Morgan fingerprint density at radius 3 is 1.87 bits per heavy atom. The number of carbonyl (C=O) groups excluding carboxylic acids is 2. The van der Waals surface area contributed by atoms with Gasteiger partial charge in [-0.1, -0.05) is 13.8 Å². The van der Waals surface area contributed by atoms with E-state index in [-0.39, 0.29) is 11.8 Å². The fourth-order valence-corrected chi connectivity index (χ4v) is 5.32. The maximum atomic E-state index is 12.0. The van der Waals surface area contributed by atoms with Crippen LogP contribution in [0.3, 0.4) is 0 Å². The molecule has 10 nitrogen and oxygen atoms in total. The number of nitrogens with one attached hydrogen (secondary N) is 3. The van der Waals surface area contributed by atoms with Crippen molar-refractivity contribution < 1.29 is 19.1 Å². The summed E-state index contributed by atoms with van der Waals surface area (Å²) in [5.41, 5.74) is 3.77. The van der Waals surface area contributed by atoms with Crippen molar-refractivity contribution in [2.24, 2.45) is 0 Å². The third kappa shape index (κ3) is 8.53. The van der Waals surface area contributed by atoms with Crippen LogP contribution in [0.5, 0.6) is 23.0 Å². The predicted octanol–water partition coefficient (Wildman–Crippen LogP) is 7.19. The Morgan fingerprint density at radius 2 is 1.31 bits per heavy atom. The van der Waals surface area contributed by atoms with Gasteiger partial charge in [0.1, 0.15) is 11.6 Å². The number of hydrogen-bond acceptors (Lipinski definition) is 6. The van der Waals surface area contributed by atoms with Crippen molar-refractivity contribution >= 4 is 11.8 Å². The number of aromatic nitrogens is 4. The van der Waals surface area contributed by atoms with Gasteiger partial charge in [-0.15, -0.1) is 0 Å².